The van der Waals surface area contributed by atoms with Gasteiger partial charge in [0.1, 0.15) is 0 Å². The Bertz CT molecular complexity index is 277. The van der Waals surface area contributed by atoms with Gasteiger partial charge in [-0.2, -0.15) is 0 Å². The second kappa shape index (κ2) is 3.21. The third kappa shape index (κ3) is 1.48. The molecule has 0 aromatic rings. The highest BCUT2D eigenvalue weighted by atomic mass is 16.3. The first kappa shape index (κ1) is 9.64. The smallest absolute Gasteiger partial charge is 0.225 e. The summed E-state index contributed by atoms with van der Waals surface area (Å²) in [7, 11) is 0. The fourth-order valence-electron chi connectivity index (χ4n) is 3.03. The van der Waals surface area contributed by atoms with Crippen LogP contribution in [-0.2, 0) is 4.79 Å². The first-order chi connectivity index (χ1) is 7.21. The highest BCUT2D eigenvalue weighted by molar-refractivity contribution is 5.81. The van der Waals surface area contributed by atoms with Crippen molar-refractivity contribution in [2.75, 3.05) is 13.1 Å². The lowest BCUT2D eigenvalue weighted by molar-refractivity contribution is -0.142. The zero-order valence-corrected chi connectivity index (χ0v) is 9.11. The van der Waals surface area contributed by atoms with Crippen molar-refractivity contribution in [2.45, 2.75) is 44.6 Å². The molecule has 3 heteroatoms. The maximum absolute atomic E-state index is 11.8. The van der Waals surface area contributed by atoms with Gasteiger partial charge in [0.2, 0.25) is 5.91 Å². The number of rotatable bonds is 1. The number of piperidine rings is 1. The SMILES string of the molecule is O=C(C1CC1)N1CCC2(CCC2O)CC1. The lowest BCUT2D eigenvalue weighted by Gasteiger charge is -2.51. The zero-order chi connectivity index (χ0) is 10.5. The topological polar surface area (TPSA) is 40.5 Å². The molecule has 0 aromatic carbocycles. The van der Waals surface area contributed by atoms with E-state index in [1.54, 1.807) is 0 Å². The molecule has 2 aliphatic carbocycles. The van der Waals surface area contributed by atoms with Crippen LogP contribution in [0.25, 0.3) is 0 Å². The van der Waals surface area contributed by atoms with Crippen LogP contribution in [0, 0.1) is 11.3 Å². The normalized spacial score (nSPS) is 33.9. The first-order valence-electron chi connectivity index (χ1n) is 6.18. The molecular weight excluding hydrogens is 190 g/mol. The number of hydrogen-bond donors (Lipinski definition) is 1. The summed E-state index contributed by atoms with van der Waals surface area (Å²) in [4.78, 5) is 13.8. The highest BCUT2D eigenvalue weighted by Gasteiger charge is 2.48. The van der Waals surface area contributed by atoms with E-state index < -0.39 is 0 Å². The van der Waals surface area contributed by atoms with Crippen molar-refractivity contribution in [3.05, 3.63) is 0 Å². The summed E-state index contributed by atoms with van der Waals surface area (Å²) >= 11 is 0. The molecule has 1 spiro atoms. The van der Waals surface area contributed by atoms with Gasteiger partial charge in [0, 0.05) is 19.0 Å². The highest BCUT2D eigenvalue weighted by Crippen LogP contribution is 2.49. The van der Waals surface area contributed by atoms with Crippen LogP contribution in [0.5, 0.6) is 0 Å². The Morgan fingerprint density at radius 1 is 1.13 bits per heavy atom. The van der Waals surface area contributed by atoms with E-state index in [1.807, 2.05) is 4.90 Å². The number of nitrogens with zero attached hydrogens (tertiary/aromatic N) is 1. The number of hydrogen-bond acceptors (Lipinski definition) is 2. The molecule has 1 amide bonds. The van der Waals surface area contributed by atoms with Gasteiger partial charge in [-0.05, 0) is 43.9 Å². The fraction of sp³-hybridized carbons (Fsp3) is 0.917. The average Bonchev–Trinajstić information content (AvgIpc) is 3.10. The van der Waals surface area contributed by atoms with Crippen LogP contribution >= 0.6 is 0 Å². The van der Waals surface area contributed by atoms with E-state index in [1.165, 1.54) is 6.42 Å². The van der Waals surface area contributed by atoms with Crippen molar-refractivity contribution >= 4 is 5.91 Å². The van der Waals surface area contributed by atoms with Crippen molar-refractivity contribution in [1.29, 1.82) is 0 Å². The van der Waals surface area contributed by atoms with Crippen LogP contribution in [-0.4, -0.2) is 35.1 Å². The summed E-state index contributed by atoms with van der Waals surface area (Å²) in [5.41, 5.74) is 0.195. The minimum absolute atomic E-state index is 0.0873. The average molecular weight is 209 g/mol. The summed E-state index contributed by atoms with van der Waals surface area (Å²) in [5.74, 6) is 0.726. The Kier molecular flexibility index (Phi) is 2.06. The molecule has 84 valence electrons. The summed E-state index contributed by atoms with van der Waals surface area (Å²) in [6.45, 7) is 1.76. The van der Waals surface area contributed by atoms with E-state index >= 15 is 0 Å². The number of carbonyl (C=O) groups excluding carboxylic acids is 1. The molecule has 15 heavy (non-hydrogen) atoms. The van der Waals surface area contributed by atoms with Crippen molar-refractivity contribution in [3.63, 3.8) is 0 Å². The summed E-state index contributed by atoms with van der Waals surface area (Å²) < 4.78 is 0. The van der Waals surface area contributed by atoms with Gasteiger partial charge < -0.3 is 10.0 Å². The minimum atomic E-state index is -0.0873. The summed E-state index contributed by atoms with van der Waals surface area (Å²) in [5, 5.41) is 9.77. The maximum atomic E-state index is 11.8. The third-order valence-corrected chi connectivity index (χ3v) is 4.62. The molecule has 1 aliphatic heterocycles. The second-order valence-corrected chi connectivity index (χ2v) is 5.52. The van der Waals surface area contributed by atoms with Crippen LogP contribution in [0.2, 0.25) is 0 Å². The molecule has 0 bridgehead atoms. The molecule has 0 radical (unpaired) electrons. The third-order valence-electron chi connectivity index (χ3n) is 4.62. The number of likely N-dealkylation sites (tertiary alicyclic amines) is 1. The molecule has 2 saturated carbocycles. The summed E-state index contributed by atoms with van der Waals surface area (Å²) in [6.07, 6.45) is 6.29. The van der Waals surface area contributed by atoms with Crippen molar-refractivity contribution in [3.8, 4) is 0 Å². The quantitative estimate of drug-likeness (QED) is 0.704. The number of aliphatic hydroxyl groups is 1. The molecule has 3 nitrogen and oxygen atoms in total. The van der Waals surface area contributed by atoms with Gasteiger partial charge in [-0.1, -0.05) is 0 Å². The van der Waals surface area contributed by atoms with Crippen molar-refractivity contribution in [2.24, 2.45) is 11.3 Å². The number of carbonyl (C=O) groups is 1. The van der Waals surface area contributed by atoms with Crippen LogP contribution in [0.4, 0.5) is 0 Å². The Morgan fingerprint density at radius 2 is 1.80 bits per heavy atom. The van der Waals surface area contributed by atoms with Gasteiger partial charge in [0.05, 0.1) is 6.10 Å². The van der Waals surface area contributed by atoms with E-state index in [0.29, 0.717) is 11.8 Å². The van der Waals surface area contributed by atoms with Gasteiger partial charge in [0.15, 0.2) is 0 Å². The number of aliphatic hydroxyl groups excluding tert-OH is 1. The van der Waals surface area contributed by atoms with Gasteiger partial charge in [0.25, 0.3) is 0 Å². The van der Waals surface area contributed by atoms with E-state index in [-0.39, 0.29) is 11.5 Å². The Hall–Kier alpha value is -0.570. The molecule has 1 saturated heterocycles. The van der Waals surface area contributed by atoms with Crippen molar-refractivity contribution in [1.82, 2.24) is 4.90 Å². The van der Waals surface area contributed by atoms with Gasteiger partial charge >= 0.3 is 0 Å². The molecule has 1 atom stereocenters. The second-order valence-electron chi connectivity index (χ2n) is 5.52. The monoisotopic (exact) mass is 209 g/mol. The standard InChI is InChI=1S/C12H19NO2/c14-10-3-4-12(10)5-7-13(8-6-12)11(15)9-1-2-9/h9-10,14H,1-8H2. The Morgan fingerprint density at radius 3 is 2.20 bits per heavy atom. The van der Waals surface area contributed by atoms with E-state index in [2.05, 4.69) is 0 Å². The van der Waals surface area contributed by atoms with E-state index in [0.717, 1.165) is 45.2 Å². The van der Waals surface area contributed by atoms with Gasteiger partial charge in [-0.15, -0.1) is 0 Å². The summed E-state index contributed by atoms with van der Waals surface area (Å²) in [6, 6.07) is 0. The largest absolute Gasteiger partial charge is 0.393 e. The predicted molar refractivity (Wildman–Crippen MR) is 56.2 cm³/mol. The maximum Gasteiger partial charge on any atom is 0.225 e. The van der Waals surface area contributed by atoms with Crippen LogP contribution in [0.15, 0.2) is 0 Å². The Labute approximate surface area is 90.5 Å². The fourth-order valence-corrected chi connectivity index (χ4v) is 3.03. The zero-order valence-electron chi connectivity index (χ0n) is 9.11. The molecule has 1 heterocycles. The molecular formula is C12H19NO2. The van der Waals surface area contributed by atoms with Gasteiger partial charge in [-0.3, -0.25) is 4.79 Å². The van der Waals surface area contributed by atoms with Crippen LogP contribution < -0.4 is 0 Å². The van der Waals surface area contributed by atoms with E-state index in [9.17, 15) is 9.90 Å². The molecule has 3 fully saturated rings. The Balaban J connectivity index is 1.58. The minimum Gasteiger partial charge on any atom is -0.393 e. The predicted octanol–water partition coefficient (Wildman–Crippen LogP) is 1.16. The first-order valence-corrected chi connectivity index (χ1v) is 6.18. The van der Waals surface area contributed by atoms with Crippen LogP contribution in [0.1, 0.15) is 38.5 Å². The lowest BCUT2D eigenvalue weighted by atomic mass is 9.61. The molecule has 1 unspecified atom stereocenters. The molecule has 1 N–H and O–H groups in total. The van der Waals surface area contributed by atoms with Gasteiger partial charge in [-0.25, -0.2) is 0 Å². The molecule has 3 aliphatic rings. The van der Waals surface area contributed by atoms with Crippen LogP contribution in [0.3, 0.4) is 0 Å². The lowest BCUT2D eigenvalue weighted by Crippen LogP contribution is -2.53. The molecule has 0 aromatic heterocycles. The van der Waals surface area contributed by atoms with E-state index in [4.69, 9.17) is 0 Å². The van der Waals surface area contributed by atoms with Crippen molar-refractivity contribution < 1.29 is 9.90 Å². The molecule has 3 rings (SSSR count). The number of amides is 1.